The van der Waals surface area contributed by atoms with Crippen LogP contribution in [0.1, 0.15) is 11.1 Å². The minimum Gasteiger partial charge on any atom is -0.497 e. The highest BCUT2D eigenvalue weighted by Crippen LogP contribution is 2.36. The monoisotopic (exact) mass is 580 g/mol. The van der Waals surface area contributed by atoms with Gasteiger partial charge in [0.05, 0.1) is 30.8 Å². The van der Waals surface area contributed by atoms with E-state index in [2.05, 4.69) is 4.52 Å². The van der Waals surface area contributed by atoms with Gasteiger partial charge >= 0.3 is 7.82 Å². The zero-order valence-electron chi connectivity index (χ0n) is 21.0. The summed E-state index contributed by atoms with van der Waals surface area (Å²) in [6, 6.07) is 20.3. The van der Waals surface area contributed by atoms with Crippen molar-refractivity contribution in [3.8, 4) is 5.75 Å². The Morgan fingerprint density at radius 3 is 2.34 bits per heavy atom. The minimum atomic E-state index is -4.79. The molecule has 0 heterocycles. The normalized spacial score (nSPS) is 12.3. The van der Waals surface area contributed by atoms with E-state index >= 15 is 0 Å². The maximum absolute atomic E-state index is 13.6. The molecule has 0 aliphatic heterocycles. The van der Waals surface area contributed by atoms with Crippen molar-refractivity contribution in [2.24, 2.45) is 0 Å². The molecule has 0 fully saturated rings. The number of likely N-dealkylation sites (N-methyl/N-ethyl adjacent to an activating group) is 1. The van der Waals surface area contributed by atoms with Crippen molar-refractivity contribution < 1.29 is 32.0 Å². The van der Waals surface area contributed by atoms with Crippen LogP contribution in [0.4, 0.5) is 5.69 Å². The molecule has 3 aromatic rings. The molecule has 3 aromatic carbocycles. The van der Waals surface area contributed by atoms with Crippen molar-refractivity contribution in [3.63, 3.8) is 0 Å². The van der Waals surface area contributed by atoms with Gasteiger partial charge < -0.3 is 14.5 Å². The predicted octanol–water partition coefficient (Wildman–Crippen LogP) is 4.80. The van der Waals surface area contributed by atoms with Crippen LogP contribution in [0.15, 0.2) is 83.8 Å². The third-order valence-electron chi connectivity index (χ3n) is 5.48. The van der Waals surface area contributed by atoms with E-state index in [0.29, 0.717) is 35.1 Å². The van der Waals surface area contributed by atoms with E-state index in [1.54, 1.807) is 36.4 Å². The molecule has 204 valence electrons. The number of methoxy groups -OCH3 is 1. The molecule has 0 bridgehead atoms. The Hall–Kier alpha value is -2.69. The van der Waals surface area contributed by atoms with E-state index in [1.807, 2.05) is 48.4 Å². The van der Waals surface area contributed by atoms with E-state index in [1.165, 1.54) is 19.2 Å². The maximum atomic E-state index is 13.6. The summed E-state index contributed by atoms with van der Waals surface area (Å²) in [5.41, 5.74) is 1.98. The first kappa shape index (κ1) is 29.9. The van der Waals surface area contributed by atoms with Crippen LogP contribution in [0.5, 0.6) is 5.75 Å². The predicted molar refractivity (Wildman–Crippen MR) is 149 cm³/mol. The number of rotatable bonds is 13. The van der Waals surface area contributed by atoms with Gasteiger partial charge in [0.1, 0.15) is 5.75 Å². The van der Waals surface area contributed by atoms with Gasteiger partial charge in [0.15, 0.2) is 0 Å². The molecule has 0 spiro atoms. The second-order valence-corrected chi connectivity index (χ2v) is 11.9. The van der Waals surface area contributed by atoms with Gasteiger partial charge in [0.2, 0.25) is 0 Å². The van der Waals surface area contributed by atoms with E-state index in [0.717, 1.165) is 9.87 Å². The third-order valence-corrected chi connectivity index (χ3v) is 8.08. The molecule has 0 unspecified atom stereocenters. The molecule has 0 radical (unpaired) electrons. The SMILES string of the molecule is COc1ccc(N(CCOP(=O)(O)O)S(=O)(=O)c2ccccc2)c(CN(C)CC=Cc2ccc(Cl)cc2)c1. The van der Waals surface area contributed by atoms with Gasteiger partial charge in [-0.25, -0.2) is 13.0 Å². The maximum Gasteiger partial charge on any atom is 0.469 e. The lowest BCUT2D eigenvalue weighted by Crippen LogP contribution is -2.35. The number of ether oxygens (including phenoxy) is 1. The fourth-order valence-electron chi connectivity index (χ4n) is 3.69. The van der Waals surface area contributed by atoms with Gasteiger partial charge in [-0.3, -0.25) is 13.7 Å². The molecular formula is C26H30ClN2O7PS. The van der Waals surface area contributed by atoms with Crippen molar-refractivity contribution in [2.75, 3.05) is 38.2 Å². The number of benzene rings is 3. The highest BCUT2D eigenvalue weighted by Gasteiger charge is 2.28. The van der Waals surface area contributed by atoms with Gasteiger partial charge in [-0.05, 0) is 60.6 Å². The Bertz CT molecular complexity index is 1380. The first-order valence-corrected chi connectivity index (χ1v) is 14.9. The topological polar surface area (TPSA) is 117 Å². The quantitative estimate of drug-likeness (QED) is 0.277. The van der Waals surface area contributed by atoms with Crippen LogP contribution >= 0.6 is 19.4 Å². The summed E-state index contributed by atoms with van der Waals surface area (Å²) < 4.78 is 49.6. The second kappa shape index (κ2) is 13.4. The highest BCUT2D eigenvalue weighted by atomic mass is 35.5. The molecule has 0 atom stereocenters. The molecule has 0 aromatic heterocycles. The zero-order valence-corrected chi connectivity index (χ0v) is 23.4. The van der Waals surface area contributed by atoms with Crippen molar-refractivity contribution >= 4 is 41.2 Å². The molecule has 0 aliphatic carbocycles. The first-order chi connectivity index (χ1) is 18.0. The molecule has 0 saturated carbocycles. The van der Waals surface area contributed by atoms with Crippen LogP contribution in [-0.2, 0) is 25.7 Å². The first-order valence-electron chi connectivity index (χ1n) is 11.5. The molecule has 12 heteroatoms. The lowest BCUT2D eigenvalue weighted by Gasteiger charge is -2.28. The highest BCUT2D eigenvalue weighted by molar-refractivity contribution is 7.92. The fourth-order valence-corrected chi connectivity index (χ4v) is 5.64. The number of hydrogen-bond donors (Lipinski definition) is 2. The van der Waals surface area contributed by atoms with E-state index in [9.17, 15) is 13.0 Å². The Balaban J connectivity index is 1.91. The number of phosphoric acid groups is 1. The Morgan fingerprint density at radius 1 is 1.03 bits per heavy atom. The van der Waals surface area contributed by atoms with Gasteiger partial charge in [-0.15, -0.1) is 0 Å². The zero-order chi connectivity index (χ0) is 27.8. The number of nitrogens with zero attached hydrogens (tertiary/aromatic N) is 2. The molecule has 9 nitrogen and oxygen atoms in total. The Morgan fingerprint density at radius 2 is 1.71 bits per heavy atom. The van der Waals surface area contributed by atoms with E-state index < -0.39 is 24.5 Å². The van der Waals surface area contributed by atoms with Gasteiger partial charge in [-0.1, -0.05) is 54.1 Å². The van der Waals surface area contributed by atoms with Crippen molar-refractivity contribution in [1.29, 1.82) is 0 Å². The van der Waals surface area contributed by atoms with E-state index in [4.69, 9.17) is 26.1 Å². The van der Waals surface area contributed by atoms with Gasteiger partial charge in [0, 0.05) is 18.1 Å². The van der Waals surface area contributed by atoms with Crippen molar-refractivity contribution in [1.82, 2.24) is 4.90 Å². The summed E-state index contributed by atoms with van der Waals surface area (Å²) in [6.07, 6.45) is 3.94. The summed E-state index contributed by atoms with van der Waals surface area (Å²) in [6.45, 7) is 0.0903. The second-order valence-electron chi connectivity index (χ2n) is 8.36. The summed E-state index contributed by atoms with van der Waals surface area (Å²) in [4.78, 5) is 20.3. The summed E-state index contributed by atoms with van der Waals surface area (Å²) in [5, 5.41) is 0.658. The number of phosphoric ester groups is 1. The van der Waals surface area contributed by atoms with Crippen molar-refractivity contribution in [2.45, 2.75) is 11.4 Å². The number of hydrogen-bond acceptors (Lipinski definition) is 6. The van der Waals surface area contributed by atoms with E-state index in [-0.39, 0.29) is 11.4 Å². The van der Waals surface area contributed by atoms with Crippen LogP contribution in [0.2, 0.25) is 5.02 Å². The number of sulfonamides is 1. The minimum absolute atomic E-state index is 0.0391. The van der Waals surface area contributed by atoms with Crippen LogP contribution in [0.3, 0.4) is 0 Å². The number of halogens is 1. The summed E-state index contributed by atoms with van der Waals surface area (Å²) >= 11 is 5.94. The Labute approximate surface area is 228 Å². The molecular weight excluding hydrogens is 551 g/mol. The molecule has 0 amide bonds. The average molecular weight is 581 g/mol. The molecule has 0 saturated heterocycles. The Kier molecular flexibility index (Phi) is 10.5. The molecule has 2 N–H and O–H groups in total. The molecule has 3 rings (SSSR count). The fraction of sp³-hybridized carbons (Fsp3) is 0.231. The third kappa shape index (κ3) is 8.68. The molecule has 38 heavy (non-hydrogen) atoms. The number of anilines is 1. The summed E-state index contributed by atoms with van der Waals surface area (Å²) in [5.74, 6) is 0.539. The van der Waals surface area contributed by atoms with Crippen molar-refractivity contribution in [3.05, 3.63) is 95.0 Å². The van der Waals surface area contributed by atoms with Crippen LogP contribution in [0.25, 0.3) is 6.08 Å². The van der Waals surface area contributed by atoms with Gasteiger partial charge in [-0.2, -0.15) is 0 Å². The largest absolute Gasteiger partial charge is 0.497 e. The summed E-state index contributed by atoms with van der Waals surface area (Å²) in [7, 11) is -5.47. The van der Waals surface area contributed by atoms with Crippen LogP contribution in [-0.4, -0.2) is 57.0 Å². The van der Waals surface area contributed by atoms with Crippen LogP contribution in [0, 0.1) is 0 Å². The lowest BCUT2D eigenvalue weighted by atomic mass is 10.1. The molecule has 0 aliphatic rings. The average Bonchev–Trinajstić information content (AvgIpc) is 2.88. The van der Waals surface area contributed by atoms with Gasteiger partial charge in [0.25, 0.3) is 10.0 Å². The standard InChI is InChI=1S/C26H30ClN2O7PS/c1-28(16-6-7-21-10-12-23(27)13-11-21)20-22-19-24(35-2)14-15-26(22)29(17-18-36-37(30,31)32)38(33,34)25-8-4-3-5-9-25/h3-15,19H,16-18,20H2,1-2H3,(H2,30,31,32). The van der Waals surface area contributed by atoms with Crippen LogP contribution < -0.4 is 9.04 Å². The lowest BCUT2D eigenvalue weighted by molar-refractivity contribution is 0.202. The smallest absolute Gasteiger partial charge is 0.469 e.